The molecule has 1 aromatic rings. The fraction of sp³-hybridized carbons (Fsp3) is 0.111. The second-order valence-corrected chi connectivity index (χ2v) is 3.58. The van der Waals surface area contributed by atoms with Crippen LogP contribution in [-0.2, 0) is 0 Å². The Morgan fingerprint density at radius 2 is 1.71 bits per heavy atom. The van der Waals surface area contributed by atoms with Gasteiger partial charge < -0.3 is 5.73 Å². The molecule has 0 aliphatic carbocycles. The van der Waals surface area contributed by atoms with Gasteiger partial charge in [-0.05, 0) is 17.7 Å². The summed E-state index contributed by atoms with van der Waals surface area (Å²) >= 11 is 17.1. The van der Waals surface area contributed by atoms with Crippen LogP contribution >= 0.6 is 47.2 Å². The van der Waals surface area contributed by atoms with Crippen molar-refractivity contribution in [2.75, 3.05) is 11.6 Å². The molecule has 78 valence electrons. The first kappa shape index (κ1) is 13.9. The lowest BCUT2D eigenvalue weighted by molar-refractivity contribution is 1.63. The average Bonchev–Trinajstić information content (AvgIpc) is 2.10. The van der Waals surface area contributed by atoms with Crippen molar-refractivity contribution < 1.29 is 0 Å². The molecule has 0 aliphatic rings. The number of nitrogen functional groups attached to an aromatic ring is 1. The predicted molar refractivity (Wildman–Crippen MR) is 67.9 cm³/mol. The predicted octanol–water partition coefficient (Wildman–Crippen LogP) is 4.25. The summed E-state index contributed by atoms with van der Waals surface area (Å²) in [6.07, 6.45) is 3.64. The van der Waals surface area contributed by atoms with Crippen LogP contribution in [0, 0.1) is 0 Å². The van der Waals surface area contributed by atoms with E-state index in [4.69, 9.17) is 40.5 Å². The van der Waals surface area contributed by atoms with E-state index in [0.29, 0.717) is 21.6 Å². The Hall–Kier alpha value is -0.0800. The molecule has 0 saturated heterocycles. The lowest BCUT2D eigenvalue weighted by Gasteiger charge is -2.02. The third kappa shape index (κ3) is 3.58. The van der Waals surface area contributed by atoms with Gasteiger partial charge >= 0.3 is 0 Å². The molecule has 0 aliphatic heterocycles. The van der Waals surface area contributed by atoms with E-state index >= 15 is 0 Å². The Morgan fingerprint density at radius 1 is 1.21 bits per heavy atom. The normalized spacial score (nSPS) is 10.2. The molecule has 0 aromatic heterocycles. The lowest BCUT2D eigenvalue weighted by Crippen LogP contribution is -1.88. The van der Waals surface area contributed by atoms with Gasteiger partial charge in [0, 0.05) is 5.88 Å². The first-order valence-corrected chi connectivity index (χ1v) is 4.91. The lowest BCUT2D eigenvalue weighted by atomic mass is 10.2. The SMILES string of the molecule is Cl.Nc1c(Cl)cc(C=CCCl)cc1Cl. The molecular weight excluding hydrogens is 264 g/mol. The minimum atomic E-state index is 0. The van der Waals surface area contributed by atoms with E-state index in [0.717, 1.165) is 5.56 Å². The molecule has 1 rings (SSSR count). The quantitative estimate of drug-likeness (QED) is 0.632. The van der Waals surface area contributed by atoms with Crippen molar-refractivity contribution >= 4 is 59.0 Å². The summed E-state index contributed by atoms with van der Waals surface area (Å²) in [7, 11) is 0. The number of hydrogen-bond acceptors (Lipinski definition) is 1. The second-order valence-electron chi connectivity index (χ2n) is 2.45. The summed E-state index contributed by atoms with van der Waals surface area (Å²) in [6, 6.07) is 3.48. The fourth-order valence-electron chi connectivity index (χ4n) is 0.881. The van der Waals surface area contributed by atoms with Crippen LogP contribution in [0.2, 0.25) is 10.0 Å². The summed E-state index contributed by atoms with van der Waals surface area (Å²) in [4.78, 5) is 0. The third-order valence-corrected chi connectivity index (χ3v) is 2.30. The number of hydrogen-bond donors (Lipinski definition) is 1. The van der Waals surface area contributed by atoms with Crippen LogP contribution in [0.4, 0.5) is 5.69 Å². The molecule has 0 spiro atoms. The van der Waals surface area contributed by atoms with Crippen molar-refractivity contribution in [3.63, 3.8) is 0 Å². The van der Waals surface area contributed by atoms with Crippen molar-refractivity contribution in [2.24, 2.45) is 0 Å². The minimum Gasteiger partial charge on any atom is -0.396 e. The molecule has 0 amide bonds. The van der Waals surface area contributed by atoms with Gasteiger partial charge in [0.2, 0.25) is 0 Å². The van der Waals surface area contributed by atoms with Gasteiger partial charge in [0.25, 0.3) is 0 Å². The maximum Gasteiger partial charge on any atom is 0.0693 e. The van der Waals surface area contributed by atoms with Gasteiger partial charge in [-0.15, -0.1) is 24.0 Å². The van der Waals surface area contributed by atoms with E-state index < -0.39 is 0 Å². The molecule has 0 saturated carbocycles. The number of halogens is 4. The number of rotatable bonds is 2. The zero-order valence-electron chi connectivity index (χ0n) is 7.14. The highest BCUT2D eigenvalue weighted by atomic mass is 35.5. The largest absolute Gasteiger partial charge is 0.396 e. The standard InChI is InChI=1S/C9H8Cl3N.ClH/c10-3-1-2-6-4-7(11)9(13)8(12)5-6;/h1-2,4-5H,3,13H2;1H. The van der Waals surface area contributed by atoms with E-state index in [-0.39, 0.29) is 12.4 Å². The second kappa shape index (κ2) is 6.41. The van der Waals surface area contributed by atoms with Crippen LogP contribution in [0.1, 0.15) is 5.56 Å². The molecular formula is C9H9Cl4N. The van der Waals surface area contributed by atoms with Crippen molar-refractivity contribution in [3.8, 4) is 0 Å². The van der Waals surface area contributed by atoms with Crippen molar-refractivity contribution in [2.45, 2.75) is 0 Å². The van der Waals surface area contributed by atoms with Crippen molar-refractivity contribution in [1.29, 1.82) is 0 Å². The molecule has 14 heavy (non-hydrogen) atoms. The minimum absolute atomic E-state index is 0. The van der Waals surface area contributed by atoms with Crippen LogP contribution in [-0.4, -0.2) is 5.88 Å². The van der Waals surface area contributed by atoms with Gasteiger partial charge in [-0.25, -0.2) is 0 Å². The van der Waals surface area contributed by atoms with Crippen molar-refractivity contribution in [1.82, 2.24) is 0 Å². The fourth-order valence-corrected chi connectivity index (χ4v) is 1.47. The van der Waals surface area contributed by atoms with Gasteiger partial charge in [0.1, 0.15) is 0 Å². The number of anilines is 1. The summed E-state index contributed by atoms with van der Waals surface area (Å²) in [5.74, 6) is 0.458. The van der Waals surface area contributed by atoms with Gasteiger partial charge in [0.05, 0.1) is 15.7 Å². The van der Waals surface area contributed by atoms with Crippen LogP contribution in [0.25, 0.3) is 6.08 Å². The number of nitrogens with two attached hydrogens (primary N) is 1. The molecule has 0 radical (unpaired) electrons. The number of allylic oxidation sites excluding steroid dienone is 1. The van der Waals surface area contributed by atoms with E-state index in [1.807, 2.05) is 6.08 Å². The molecule has 1 aromatic carbocycles. The summed E-state index contributed by atoms with van der Waals surface area (Å²) in [5.41, 5.74) is 6.87. The maximum atomic E-state index is 5.82. The Morgan fingerprint density at radius 3 is 2.14 bits per heavy atom. The number of alkyl halides is 1. The first-order chi connectivity index (χ1) is 6.15. The maximum absolute atomic E-state index is 5.82. The third-order valence-electron chi connectivity index (χ3n) is 1.50. The highest BCUT2D eigenvalue weighted by Gasteiger charge is 2.02. The Balaban J connectivity index is 0.00000169. The van der Waals surface area contributed by atoms with Gasteiger partial charge in [-0.3, -0.25) is 0 Å². The van der Waals surface area contributed by atoms with Crippen LogP contribution in [0.5, 0.6) is 0 Å². The zero-order chi connectivity index (χ0) is 9.84. The average molecular weight is 273 g/mol. The molecule has 2 N–H and O–H groups in total. The molecule has 1 nitrogen and oxygen atoms in total. The summed E-state index contributed by atoms with van der Waals surface area (Å²) in [5, 5.41) is 0.920. The summed E-state index contributed by atoms with van der Waals surface area (Å²) < 4.78 is 0. The van der Waals surface area contributed by atoms with Crippen LogP contribution in [0.3, 0.4) is 0 Å². The van der Waals surface area contributed by atoms with Crippen LogP contribution in [0.15, 0.2) is 18.2 Å². The van der Waals surface area contributed by atoms with Gasteiger partial charge in [-0.1, -0.05) is 35.4 Å². The van der Waals surface area contributed by atoms with Crippen molar-refractivity contribution in [3.05, 3.63) is 33.8 Å². The Bertz CT molecular complexity index is 313. The van der Waals surface area contributed by atoms with E-state index in [2.05, 4.69) is 0 Å². The molecule has 0 bridgehead atoms. The topological polar surface area (TPSA) is 26.0 Å². The smallest absolute Gasteiger partial charge is 0.0693 e. The molecule has 5 heteroatoms. The van der Waals surface area contributed by atoms with E-state index in [1.54, 1.807) is 18.2 Å². The Labute approximate surface area is 104 Å². The highest BCUT2D eigenvalue weighted by molar-refractivity contribution is 6.39. The van der Waals surface area contributed by atoms with E-state index in [9.17, 15) is 0 Å². The molecule has 0 heterocycles. The highest BCUT2D eigenvalue weighted by Crippen LogP contribution is 2.29. The Kier molecular flexibility index (Phi) is 6.38. The van der Waals surface area contributed by atoms with Gasteiger partial charge in [-0.2, -0.15) is 0 Å². The summed E-state index contributed by atoms with van der Waals surface area (Å²) in [6.45, 7) is 0. The van der Waals surface area contributed by atoms with Crippen LogP contribution < -0.4 is 5.73 Å². The number of benzene rings is 1. The van der Waals surface area contributed by atoms with E-state index in [1.165, 1.54) is 0 Å². The molecule has 0 unspecified atom stereocenters. The monoisotopic (exact) mass is 271 g/mol. The molecule has 0 atom stereocenters. The zero-order valence-corrected chi connectivity index (χ0v) is 10.2. The first-order valence-electron chi connectivity index (χ1n) is 3.62. The van der Waals surface area contributed by atoms with Gasteiger partial charge in [0.15, 0.2) is 0 Å². The molecule has 0 fully saturated rings.